The monoisotopic (exact) mass is 330 g/mol. The lowest BCUT2D eigenvalue weighted by Crippen LogP contribution is -1.96. The average molecular weight is 331 g/mol. The van der Waals surface area contributed by atoms with Crippen LogP contribution in [0.2, 0.25) is 0 Å². The molecule has 20 heavy (non-hydrogen) atoms. The molecule has 0 spiro atoms. The number of fused-ring (bicyclic) bond motifs is 1. The Kier molecular flexibility index (Phi) is 3.06. The Balaban J connectivity index is 2.20. The van der Waals surface area contributed by atoms with Crippen molar-refractivity contribution in [1.29, 1.82) is 0 Å². The quantitative estimate of drug-likeness (QED) is 0.746. The number of nitrogens with zero attached hydrogens (tertiary/aromatic N) is 1. The number of aromatic nitrogens is 2. The molecule has 0 saturated carbocycles. The number of aryl methyl sites for hydroxylation is 1. The first kappa shape index (κ1) is 12.9. The van der Waals surface area contributed by atoms with Crippen molar-refractivity contribution < 1.29 is 9.90 Å². The molecule has 3 aromatic rings. The van der Waals surface area contributed by atoms with E-state index >= 15 is 0 Å². The van der Waals surface area contributed by atoms with Crippen LogP contribution in [0, 0.1) is 6.92 Å². The van der Waals surface area contributed by atoms with Crippen molar-refractivity contribution in [2.24, 2.45) is 0 Å². The summed E-state index contributed by atoms with van der Waals surface area (Å²) in [6, 6.07) is 11.0. The summed E-state index contributed by atoms with van der Waals surface area (Å²) in [5, 5.41) is 9.18. The van der Waals surface area contributed by atoms with E-state index in [0.29, 0.717) is 11.3 Å². The number of aromatic amines is 1. The van der Waals surface area contributed by atoms with Crippen LogP contribution < -0.4 is 0 Å². The number of halogens is 1. The number of imidazole rings is 1. The highest BCUT2D eigenvalue weighted by Gasteiger charge is 2.13. The van der Waals surface area contributed by atoms with E-state index in [1.165, 1.54) is 0 Å². The van der Waals surface area contributed by atoms with E-state index in [1.807, 2.05) is 31.2 Å². The maximum Gasteiger partial charge on any atom is 0.337 e. The lowest BCUT2D eigenvalue weighted by molar-refractivity contribution is 0.0699. The summed E-state index contributed by atoms with van der Waals surface area (Å²) in [4.78, 5) is 18.8. The van der Waals surface area contributed by atoms with Crippen LogP contribution in [0.4, 0.5) is 0 Å². The van der Waals surface area contributed by atoms with Gasteiger partial charge in [0.15, 0.2) is 0 Å². The van der Waals surface area contributed by atoms with Gasteiger partial charge in [-0.15, -0.1) is 0 Å². The highest BCUT2D eigenvalue weighted by molar-refractivity contribution is 9.10. The van der Waals surface area contributed by atoms with Crippen LogP contribution in [0.3, 0.4) is 0 Å². The second-order valence-corrected chi connectivity index (χ2v) is 5.41. The molecule has 0 saturated heterocycles. The van der Waals surface area contributed by atoms with Crippen LogP contribution in [0.15, 0.2) is 40.9 Å². The summed E-state index contributed by atoms with van der Waals surface area (Å²) >= 11 is 3.46. The second-order valence-electron chi connectivity index (χ2n) is 4.56. The number of benzene rings is 2. The molecule has 0 bridgehead atoms. The Morgan fingerprint density at radius 1 is 1.30 bits per heavy atom. The lowest BCUT2D eigenvalue weighted by atomic mass is 10.1. The summed E-state index contributed by atoms with van der Waals surface area (Å²) in [7, 11) is 0. The van der Waals surface area contributed by atoms with Crippen molar-refractivity contribution in [3.8, 4) is 11.4 Å². The van der Waals surface area contributed by atoms with Gasteiger partial charge in [0.05, 0.1) is 11.1 Å². The van der Waals surface area contributed by atoms with Crippen LogP contribution in [0.5, 0.6) is 0 Å². The number of hydrogen-bond acceptors (Lipinski definition) is 2. The van der Waals surface area contributed by atoms with Gasteiger partial charge in [-0.1, -0.05) is 28.1 Å². The molecule has 0 radical (unpaired) electrons. The molecule has 2 aromatic carbocycles. The van der Waals surface area contributed by atoms with Gasteiger partial charge in [-0.25, -0.2) is 9.78 Å². The average Bonchev–Trinajstić information content (AvgIpc) is 2.85. The van der Waals surface area contributed by atoms with Crippen molar-refractivity contribution in [1.82, 2.24) is 9.97 Å². The number of aromatic carboxylic acids is 1. The number of nitrogens with one attached hydrogen (secondary N) is 1. The molecule has 5 heteroatoms. The third-order valence-corrected chi connectivity index (χ3v) is 4.06. The molecular weight excluding hydrogens is 320 g/mol. The van der Waals surface area contributed by atoms with Crippen LogP contribution in [-0.4, -0.2) is 21.0 Å². The van der Waals surface area contributed by atoms with Crippen molar-refractivity contribution in [3.05, 3.63) is 52.0 Å². The smallest absolute Gasteiger partial charge is 0.337 e. The van der Waals surface area contributed by atoms with Crippen molar-refractivity contribution in [2.45, 2.75) is 6.92 Å². The van der Waals surface area contributed by atoms with Gasteiger partial charge in [0, 0.05) is 10.0 Å². The number of para-hydroxylation sites is 1. The van der Waals surface area contributed by atoms with E-state index in [2.05, 4.69) is 25.9 Å². The summed E-state index contributed by atoms with van der Waals surface area (Å²) < 4.78 is 1.03. The molecule has 3 rings (SSSR count). The first-order chi connectivity index (χ1) is 9.56. The summed E-state index contributed by atoms with van der Waals surface area (Å²) in [6.45, 7) is 2.00. The predicted octanol–water partition coefficient (Wildman–Crippen LogP) is 4.00. The van der Waals surface area contributed by atoms with Crippen molar-refractivity contribution >= 4 is 32.9 Å². The summed E-state index contributed by atoms with van der Waals surface area (Å²) in [5.74, 6) is -0.301. The minimum absolute atomic E-state index is 0.207. The number of rotatable bonds is 2. The van der Waals surface area contributed by atoms with E-state index in [0.717, 1.165) is 21.1 Å². The Bertz CT molecular complexity index is 824. The summed E-state index contributed by atoms with van der Waals surface area (Å²) in [6.07, 6.45) is 0. The summed E-state index contributed by atoms with van der Waals surface area (Å²) in [5.41, 5.74) is 3.44. The molecule has 100 valence electrons. The normalized spacial score (nSPS) is 10.9. The topological polar surface area (TPSA) is 66.0 Å². The van der Waals surface area contributed by atoms with Gasteiger partial charge in [0.25, 0.3) is 0 Å². The fraction of sp³-hybridized carbons (Fsp3) is 0.0667. The molecule has 1 aromatic heterocycles. The number of carboxylic acids is 1. The third kappa shape index (κ3) is 2.10. The Labute approximate surface area is 123 Å². The van der Waals surface area contributed by atoms with Crippen molar-refractivity contribution in [3.63, 3.8) is 0 Å². The van der Waals surface area contributed by atoms with Crippen LogP contribution in [-0.2, 0) is 0 Å². The minimum atomic E-state index is -0.972. The molecule has 1 heterocycles. The van der Waals surface area contributed by atoms with Crippen LogP contribution in [0.25, 0.3) is 22.4 Å². The first-order valence-corrected chi connectivity index (χ1v) is 6.84. The highest BCUT2D eigenvalue weighted by atomic mass is 79.9. The Morgan fingerprint density at radius 2 is 2.10 bits per heavy atom. The maximum atomic E-state index is 11.2. The van der Waals surface area contributed by atoms with E-state index in [1.54, 1.807) is 12.1 Å². The molecule has 0 aliphatic heterocycles. The minimum Gasteiger partial charge on any atom is -0.478 e. The molecular formula is C15H11BrN2O2. The van der Waals surface area contributed by atoms with Gasteiger partial charge in [0.1, 0.15) is 11.3 Å². The zero-order valence-corrected chi connectivity index (χ0v) is 12.2. The second kappa shape index (κ2) is 4.76. The standard InChI is InChI=1S/C15H11BrN2O2/c1-8-7-9(5-6-11(8)16)14-17-12-4-2-3-10(15(19)20)13(12)18-14/h2-7H,1H3,(H,17,18)(H,19,20). The van der Waals surface area contributed by atoms with Gasteiger partial charge >= 0.3 is 5.97 Å². The third-order valence-electron chi connectivity index (χ3n) is 3.17. The number of hydrogen-bond donors (Lipinski definition) is 2. The van der Waals surface area contributed by atoms with Gasteiger partial charge < -0.3 is 10.1 Å². The fourth-order valence-corrected chi connectivity index (χ4v) is 2.38. The highest BCUT2D eigenvalue weighted by Crippen LogP contribution is 2.26. The van der Waals surface area contributed by atoms with E-state index < -0.39 is 5.97 Å². The number of carboxylic acid groups (broad SMARTS) is 1. The maximum absolute atomic E-state index is 11.2. The van der Waals surface area contributed by atoms with Gasteiger partial charge in [-0.3, -0.25) is 0 Å². The van der Waals surface area contributed by atoms with Gasteiger partial charge in [-0.2, -0.15) is 0 Å². The molecule has 0 aliphatic carbocycles. The zero-order chi connectivity index (χ0) is 14.3. The molecule has 2 N–H and O–H groups in total. The van der Waals surface area contributed by atoms with Gasteiger partial charge in [0.2, 0.25) is 0 Å². The van der Waals surface area contributed by atoms with E-state index in [4.69, 9.17) is 0 Å². The van der Waals surface area contributed by atoms with Crippen LogP contribution in [0.1, 0.15) is 15.9 Å². The first-order valence-electron chi connectivity index (χ1n) is 6.05. The fourth-order valence-electron chi connectivity index (χ4n) is 2.13. The SMILES string of the molecule is Cc1cc(-c2nc3c(C(=O)O)cccc3[nH]2)ccc1Br. The molecule has 0 fully saturated rings. The molecule has 0 amide bonds. The Hall–Kier alpha value is -2.14. The van der Waals surface area contributed by atoms with Crippen molar-refractivity contribution in [2.75, 3.05) is 0 Å². The van der Waals surface area contributed by atoms with Gasteiger partial charge in [-0.05, 0) is 36.8 Å². The predicted molar refractivity (Wildman–Crippen MR) is 80.9 cm³/mol. The Morgan fingerprint density at radius 3 is 2.80 bits per heavy atom. The van der Waals surface area contributed by atoms with E-state index in [-0.39, 0.29) is 5.56 Å². The largest absolute Gasteiger partial charge is 0.478 e. The van der Waals surface area contributed by atoms with Crippen LogP contribution >= 0.6 is 15.9 Å². The van der Waals surface area contributed by atoms with E-state index in [9.17, 15) is 9.90 Å². The molecule has 0 aliphatic rings. The lowest BCUT2D eigenvalue weighted by Gasteiger charge is -2.00. The molecule has 0 unspecified atom stereocenters. The molecule has 4 nitrogen and oxygen atoms in total. The molecule has 0 atom stereocenters. The number of H-pyrrole nitrogens is 1. The number of carbonyl (C=O) groups is 1. The zero-order valence-electron chi connectivity index (χ0n) is 10.6.